The normalized spacial score (nSPS) is 13.2. The van der Waals surface area contributed by atoms with Gasteiger partial charge in [0.05, 0.1) is 19.1 Å². The quantitative estimate of drug-likeness (QED) is 0.885. The van der Waals surface area contributed by atoms with E-state index in [1.54, 1.807) is 32.9 Å². The first kappa shape index (κ1) is 15.0. The second-order valence-electron chi connectivity index (χ2n) is 4.52. The Kier molecular flexibility index (Phi) is 4.92. The summed E-state index contributed by atoms with van der Waals surface area (Å²) in [5.74, 6) is -0.149. The van der Waals surface area contributed by atoms with Gasteiger partial charge in [-0.3, -0.25) is 4.79 Å². The summed E-state index contributed by atoms with van der Waals surface area (Å²) in [4.78, 5) is 22.2. The Bertz CT molecular complexity index is 553. The van der Waals surface area contributed by atoms with Crippen molar-refractivity contribution in [3.05, 3.63) is 33.9 Å². The maximum Gasteiger partial charge on any atom is 0.342 e. The molecule has 1 rings (SSSR count). The molecule has 0 aromatic carbocycles. The van der Waals surface area contributed by atoms with Crippen molar-refractivity contribution >= 4 is 11.5 Å². The first-order chi connectivity index (χ1) is 8.85. The molecule has 0 unspecified atom stereocenters. The minimum Gasteiger partial charge on any atom is -0.496 e. The van der Waals surface area contributed by atoms with E-state index in [-0.39, 0.29) is 12.3 Å². The molecule has 5 nitrogen and oxygen atoms in total. The first-order valence-electron chi connectivity index (χ1n) is 5.94. The van der Waals surface area contributed by atoms with Crippen LogP contribution in [0.2, 0.25) is 0 Å². The number of aliphatic carboxylic acids is 1. The number of carboxylic acid groups (broad SMARTS) is 1. The van der Waals surface area contributed by atoms with Crippen LogP contribution in [0, 0.1) is 12.8 Å². The Labute approximate surface area is 111 Å². The summed E-state index contributed by atoms with van der Waals surface area (Å²) in [6.07, 6.45) is 1.80. The lowest BCUT2D eigenvalue weighted by atomic mass is 10.0. The zero-order chi connectivity index (χ0) is 14.6. The molecule has 0 saturated carbocycles. The number of hydrogen-bond acceptors (Lipinski definition) is 4. The number of methoxy groups -OCH3 is 1. The average Bonchev–Trinajstić information content (AvgIpc) is 2.31. The highest BCUT2D eigenvalue weighted by Gasteiger charge is 2.11. The third kappa shape index (κ3) is 3.98. The number of ether oxygens (including phenoxy) is 1. The van der Waals surface area contributed by atoms with E-state index in [9.17, 15) is 9.59 Å². The number of allylic oxidation sites excluding steroid dienone is 2. The molecule has 1 heterocycles. The zero-order valence-corrected chi connectivity index (χ0v) is 11.5. The molecule has 0 amide bonds. The topological polar surface area (TPSA) is 76.7 Å². The summed E-state index contributed by atoms with van der Waals surface area (Å²) >= 11 is 0. The summed E-state index contributed by atoms with van der Waals surface area (Å²) in [5, 5.41) is 8.71. The van der Waals surface area contributed by atoms with Gasteiger partial charge in [0.25, 0.3) is 0 Å². The molecule has 0 spiro atoms. The lowest BCUT2D eigenvalue weighted by Crippen LogP contribution is -2.07. The van der Waals surface area contributed by atoms with Crippen molar-refractivity contribution in [1.29, 1.82) is 0 Å². The molecule has 0 bridgehead atoms. The molecule has 19 heavy (non-hydrogen) atoms. The molecule has 0 aliphatic heterocycles. The molecule has 0 radical (unpaired) electrons. The van der Waals surface area contributed by atoms with Gasteiger partial charge in [0.1, 0.15) is 11.5 Å². The predicted molar refractivity (Wildman–Crippen MR) is 71.3 cm³/mol. The van der Waals surface area contributed by atoms with Gasteiger partial charge in [-0.1, -0.05) is 13.0 Å². The summed E-state index contributed by atoms with van der Waals surface area (Å²) in [6.45, 7) is 5.19. The molecule has 1 aromatic heterocycles. The van der Waals surface area contributed by atoms with E-state index in [1.807, 2.05) is 0 Å². The van der Waals surface area contributed by atoms with Crippen LogP contribution >= 0.6 is 0 Å². The molecule has 0 fully saturated rings. The van der Waals surface area contributed by atoms with Gasteiger partial charge in [0.15, 0.2) is 0 Å². The van der Waals surface area contributed by atoms with Gasteiger partial charge in [-0.05, 0) is 25.3 Å². The standard InChI is InChI=1S/C14H18O5/c1-8(6-13(15)16)5-9(2)11-7-12(18-4)10(3)14(17)19-11/h5,7-8H,6H2,1-4H3,(H,15,16)/b9-5+/t8-/m1/s1. The molecular formula is C14H18O5. The Morgan fingerprint density at radius 3 is 2.74 bits per heavy atom. The largest absolute Gasteiger partial charge is 0.496 e. The molecule has 0 aliphatic carbocycles. The molecular weight excluding hydrogens is 248 g/mol. The minimum absolute atomic E-state index is 0.0323. The van der Waals surface area contributed by atoms with E-state index < -0.39 is 11.6 Å². The maximum absolute atomic E-state index is 11.6. The second-order valence-corrected chi connectivity index (χ2v) is 4.52. The molecule has 0 aliphatic rings. The number of carboxylic acids is 1. The van der Waals surface area contributed by atoms with E-state index in [4.69, 9.17) is 14.3 Å². The van der Waals surface area contributed by atoms with Gasteiger partial charge in [0, 0.05) is 6.07 Å². The summed E-state index contributed by atoms with van der Waals surface area (Å²) in [6, 6.07) is 1.63. The van der Waals surface area contributed by atoms with Gasteiger partial charge in [-0.15, -0.1) is 0 Å². The monoisotopic (exact) mass is 266 g/mol. The summed E-state index contributed by atoms with van der Waals surface area (Å²) < 4.78 is 10.3. The SMILES string of the molecule is COc1cc(/C(C)=C/[C@@H](C)CC(=O)O)oc(=O)c1C. The van der Waals surface area contributed by atoms with Crippen LogP contribution < -0.4 is 10.4 Å². The predicted octanol–water partition coefficient (Wildman–Crippen LogP) is 2.47. The van der Waals surface area contributed by atoms with E-state index in [2.05, 4.69) is 0 Å². The highest BCUT2D eigenvalue weighted by atomic mass is 16.5. The van der Waals surface area contributed by atoms with Crippen LogP contribution in [0.4, 0.5) is 0 Å². The van der Waals surface area contributed by atoms with Crippen molar-refractivity contribution in [3.8, 4) is 5.75 Å². The van der Waals surface area contributed by atoms with Gasteiger partial charge < -0.3 is 14.3 Å². The van der Waals surface area contributed by atoms with Crippen LogP contribution in [0.3, 0.4) is 0 Å². The fraction of sp³-hybridized carbons (Fsp3) is 0.429. The Morgan fingerprint density at radius 1 is 1.58 bits per heavy atom. The summed E-state index contributed by atoms with van der Waals surface area (Å²) in [7, 11) is 1.48. The van der Waals surface area contributed by atoms with E-state index in [0.717, 1.165) is 0 Å². The third-order valence-corrected chi connectivity index (χ3v) is 2.78. The number of rotatable bonds is 5. The van der Waals surface area contributed by atoms with Crippen LogP contribution in [-0.4, -0.2) is 18.2 Å². The molecule has 5 heteroatoms. The van der Waals surface area contributed by atoms with E-state index in [0.29, 0.717) is 22.6 Å². The number of hydrogen-bond donors (Lipinski definition) is 1. The summed E-state index contributed by atoms with van der Waals surface area (Å²) in [5.41, 5.74) is 0.676. The highest BCUT2D eigenvalue weighted by molar-refractivity contribution is 5.68. The highest BCUT2D eigenvalue weighted by Crippen LogP contribution is 2.22. The molecule has 0 saturated heterocycles. The Balaban J connectivity index is 3.09. The number of carbonyl (C=O) groups is 1. The van der Waals surface area contributed by atoms with Crippen LogP contribution in [0.15, 0.2) is 21.4 Å². The van der Waals surface area contributed by atoms with E-state index >= 15 is 0 Å². The van der Waals surface area contributed by atoms with E-state index in [1.165, 1.54) is 7.11 Å². The maximum atomic E-state index is 11.6. The Hall–Kier alpha value is -2.04. The lowest BCUT2D eigenvalue weighted by molar-refractivity contribution is -0.137. The van der Waals surface area contributed by atoms with Crippen molar-refractivity contribution in [2.24, 2.45) is 5.92 Å². The third-order valence-electron chi connectivity index (χ3n) is 2.78. The minimum atomic E-state index is -0.862. The lowest BCUT2D eigenvalue weighted by Gasteiger charge is -2.08. The van der Waals surface area contributed by atoms with Crippen molar-refractivity contribution in [3.63, 3.8) is 0 Å². The van der Waals surface area contributed by atoms with Crippen LogP contribution in [0.1, 0.15) is 31.6 Å². The van der Waals surface area contributed by atoms with Crippen molar-refractivity contribution < 1.29 is 19.1 Å². The van der Waals surface area contributed by atoms with Gasteiger partial charge >= 0.3 is 11.6 Å². The molecule has 104 valence electrons. The van der Waals surface area contributed by atoms with Crippen LogP contribution in [0.5, 0.6) is 5.75 Å². The Morgan fingerprint density at radius 2 is 2.21 bits per heavy atom. The molecule has 1 N–H and O–H groups in total. The van der Waals surface area contributed by atoms with Gasteiger partial charge in [-0.25, -0.2) is 4.79 Å². The van der Waals surface area contributed by atoms with Crippen LogP contribution in [0.25, 0.3) is 5.57 Å². The zero-order valence-electron chi connectivity index (χ0n) is 11.5. The van der Waals surface area contributed by atoms with Gasteiger partial charge in [0.2, 0.25) is 0 Å². The average molecular weight is 266 g/mol. The fourth-order valence-electron chi connectivity index (χ4n) is 1.78. The smallest absolute Gasteiger partial charge is 0.342 e. The van der Waals surface area contributed by atoms with Gasteiger partial charge in [-0.2, -0.15) is 0 Å². The fourth-order valence-corrected chi connectivity index (χ4v) is 1.78. The molecule has 1 aromatic rings. The van der Waals surface area contributed by atoms with Crippen molar-refractivity contribution in [2.45, 2.75) is 27.2 Å². The second kappa shape index (κ2) is 6.22. The first-order valence-corrected chi connectivity index (χ1v) is 5.94. The van der Waals surface area contributed by atoms with Crippen molar-refractivity contribution in [2.75, 3.05) is 7.11 Å². The van der Waals surface area contributed by atoms with Crippen LogP contribution in [-0.2, 0) is 4.79 Å². The molecule has 1 atom stereocenters. The van der Waals surface area contributed by atoms with Crippen molar-refractivity contribution in [1.82, 2.24) is 0 Å².